The Bertz CT molecular complexity index is 2810. The third-order valence-corrected chi connectivity index (χ3v) is 16.5. The number of amides is 1. The minimum absolute atomic E-state index is 0.0309. The summed E-state index contributed by atoms with van der Waals surface area (Å²) in [7, 11) is -2.32. The number of hydrogen-bond acceptors (Lipinski definition) is 15. The summed E-state index contributed by atoms with van der Waals surface area (Å²) in [6.45, 7) is 6.19. The predicted octanol–water partition coefficient (Wildman–Crippen LogP) is 7.60. The lowest BCUT2D eigenvalue weighted by atomic mass is 9.49. The molecule has 1 aromatic carbocycles. The lowest BCUT2D eigenvalue weighted by Gasteiger charge is -2.56. The first kappa shape index (κ1) is 44.0. The molecule has 1 saturated heterocycles. The van der Waals surface area contributed by atoms with Crippen molar-refractivity contribution in [3.63, 3.8) is 0 Å². The first-order chi connectivity index (χ1) is 31.8. The second kappa shape index (κ2) is 18.1. The van der Waals surface area contributed by atoms with E-state index >= 15 is 0 Å². The molecule has 6 heterocycles. The highest BCUT2D eigenvalue weighted by atomic mass is 32.2. The number of anilines is 4. The Morgan fingerprint density at radius 1 is 0.909 bits per heavy atom. The van der Waals surface area contributed by atoms with Gasteiger partial charge in [0.1, 0.15) is 28.5 Å². The van der Waals surface area contributed by atoms with Crippen LogP contribution in [0.3, 0.4) is 0 Å². The third-order valence-electron chi connectivity index (χ3n) is 14.2. The van der Waals surface area contributed by atoms with Crippen LogP contribution in [0.2, 0.25) is 0 Å². The number of rotatable bonds is 15. The molecule has 5 aliphatic rings. The molecule has 66 heavy (non-hydrogen) atoms. The molecule has 0 radical (unpaired) electrons. The van der Waals surface area contributed by atoms with Gasteiger partial charge in [0.25, 0.3) is 5.91 Å². The number of ether oxygens (including phenoxy) is 1. The largest absolute Gasteiger partial charge is 0.460 e. The summed E-state index contributed by atoms with van der Waals surface area (Å²) in [5.41, 5.74) is 4.85. The van der Waals surface area contributed by atoms with E-state index in [1.54, 1.807) is 30.4 Å². The number of carbonyl (C=O) groups excluding carboxylic acids is 2. The molecule has 11 rings (SSSR count). The summed E-state index contributed by atoms with van der Waals surface area (Å²) in [5.74, 6) is 2.21. The minimum Gasteiger partial charge on any atom is -0.460 e. The Kier molecular flexibility index (Phi) is 12.1. The Hall–Kier alpha value is -5.85. The van der Waals surface area contributed by atoms with Gasteiger partial charge in [-0.05, 0) is 149 Å². The number of aromatic nitrogens is 7. The van der Waals surface area contributed by atoms with E-state index in [2.05, 4.69) is 34.9 Å². The molecule has 0 unspecified atom stereocenters. The zero-order chi connectivity index (χ0) is 45.6. The number of benzene rings is 1. The van der Waals surface area contributed by atoms with Gasteiger partial charge in [-0.1, -0.05) is 41.7 Å². The molecule has 0 atom stereocenters. The molecule has 6 aromatic rings. The van der Waals surface area contributed by atoms with Crippen LogP contribution in [-0.4, -0.2) is 92.6 Å². The van der Waals surface area contributed by atoms with Crippen LogP contribution in [-0.2, 0) is 32.7 Å². The molecule has 4 aliphatic carbocycles. The van der Waals surface area contributed by atoms with Crippen molar-refractivity contribution in [2.24, 2.45) is 29.1 Å². The van der Waals surface area contributed by atoms with Gasteiger partial charge in [0, 0.05) is 36.6 Å². The van der Waals surface area contributed by atoms with Crippen molar-refractivity contribution < 1.29 is 22.7 Å². The summed E-state index contributed by atoms with van der Waals surface area (Å²) < 4.78 is 37.6. The average molecular weight is 930 g/mol. The second-order valence-electron chi connectivity index (χ2n) is 19.1. The summed E-state index contributed by atoms with van der Waals surface area (Å²) in [5, 5.41) is 17.8. The van der Waals surface area contributed by atoms with Crippen LogP contribution < -0.4 is 14.9 Å². The maximum atomic E-state index is 14.4. The van der Waals surface area contributed by atoms with Gasteiger partial charge in [-0.25, -0.2) is 28.1 Å². The number of nitrogens with zero attached hydrogens (tertiary/aromatic N) is 9. The molecule has 4 saturated carbocycles. The van der Waals surface area contributed by atoms with E-state index in [0.717, 1.165) is 57.0 Å². The number of carbonyl (C=O) groups is 2. The fourth-order valence-corrected chi connectivity index (χ4v) is 13.5. The quantitative estimate of drug-likeness (QED) is 0.0958. The van der Waals surface area contributed by atoms with E-state index in [0.29, 0.717) is 54.1 Å². The molecule has 1 amide bonds. The fraction of sp³-hybridized carbons (Fsp3) is 0.458. The molecule has 18 heteroatoms. The number of piperidine rings is 1. The van der Waals surface area contributed by atoms with Crippen LogP contribution in [0.25, 0.3) is 21.5 Å². The van der Waals surface area contributed by atoms with E-state index in [4.69, 9.17) is 14.8 Å². The zero-order valence-corrected chi connectivity index (χ0v) is 39.2. The summed E-state index contributed by atoms with van der Waals surface area (Å²) >= 11 is 1.42. The van der Waals surface area contributed by atoms with Gasteiger partial charge in [0.05, 0.1) is 18.5 Å². The van der Waals surface area contributed by atoms with Gasteiger partial charge in [0.2, 0.25) is 10.0 Å². The van der Waals surface area contributed by atoms with Crippen molar-refractivity contribution in [1.29, 1.82) is 0 Å². The number of fused-ring (bicyclic) bond motifs is 1. The summed E-state index contributed by atoms with van der Waals surface area (Å²) in [6.07, 6.45) is 12.4. The number of pyridine rings is 2. The molecule has 4 bridgehead atoms. The summed E-state index contributed by atoms with van der Waals surface area (Å²) in [4.78, 5) is 45.3. The van der Waals surface area contributed by atoms with Crippen LogP contribution in [0.1, 0.15) is 78.7 Å². The van der Waals surface area contributed by atoms with Gasteiger partial charge < -0.3 is 15.0 Å². The van der Waals surface area contributed by atoms with E-state index in [9.17, 15) is 18.0 Å². The van der Waals surface area contributed by atoms with Gasteiger partial charge >= 0.3 is 5.97 Å². The minimum atomic E-state index is -4.09. The van der Waals surface area contributed by atoms with Crippen LogP contribution in [0.4, 0.5) is 22.6 Å². The predicted molar refractivity (Wildman–Crippen MR) is 253 cm³/mol. The van der Waals surface area contributed by atoms with Gasteiger partial charge in [-0.2, -0.15) is 5.10 Å². The molecule has 344 valence electrons. The van der Waals surface area contributed by atoms with Crippen molar-refractivity contribution >= 4 is 66.2 Å². The molecule has 2 N–H and O–H groups in total. The Labute approximate surface area is 388 Å². The lowest BCUT2D eigenvalue weighted by Crippen LogP contribution is -2.48. The molecule has 1 aliphatic heterocycles. The lowest BCUT2D eigenvalue weighted by molar-refractivity contribution is -0.146. The van der Waals surface area contributed by atoms with Crippen LogP contribution in [0.5, 0.6) is 0 Å². The SMILES string of the molecule is Cc1cc(N(C)c2ccc(-c3cnn(CC45CC6CC(CC(C6)C4)C5)c3C)c(C(=O)NS(=O)(=O)CC3CCN(CC(=O)OCc4ccccc4)CC3)n2)nnc1Nc1nc2cccnc2s1. The van der Waals surface area contributed by atoms with Crippen molar-refractivity contribution in [2.45, 2.75) is 78.4 Å². The second-order valence-corrected chi connectivity index (χ2v) is 21.9. The topological polar surface area (TPSA) is 190 Å². The molecule has 5 fully saturated rings. The average Bonchev–Trinajstić information content (AvgIpc) is 3.87. The maximum Gasteiger partial charge on any atom is 0.320 e. The smallest absolute Gasteiger partial charge is 0.320 e. The number of nitrogens with one attached hydrogen (secondary N) is 2. The molecule has 0 spiro atoms. The zero-order valence-electron chi connectivity index (χ0n) is 37.5. The number of esters is 1. The van der Waals surface area contributed by atoms with Gasteiger partial charge in [-0.3, -0.25) is 19.2 Å². The first-order valence-electron chi connectivity index (χ1n) is 22.9. The molecule has 5 aromatic heterocycles. The standard InChI is InChI=1S/C48H55N11O5S2/c1-30-18-41(54-55-44(30)53-47-51-39-10-7-15-49-46(39)65-47)57(3)40-12-11-37(38-25-50-59(31(38)2)29-48-22-34-19-35(23-48)21-36(20-34)24-48)43(52-40)45(61)56-66(62,63)28-33-13-16-58(17-14-33)26-42(60)64-27-32-8-5-4-6-9-32/h4-12,15,18,25,33-36H,13-14,16-17,19-24,26-29H2,1-3H3,(H,56,61)(H,51,53,55). The highest BCUT2D eigenvalue weighted by Crippen LogP contribution is 2.60. The Balaban J connectivity index is 0.860. The number of aryl methyl sites for hydroxylation is 1. The number of hydrogen-bond donors (Lipinski definition) is 2. The highest BCUT2D eigenvalue weighted by Gasteiger charge is 2.51. The monoisotopic (exact) mass is 929 g/mol. The van der Waals surface area contributed by atoms with Crippen molar-refractivity contribution in [3.8, 4) is 11.1 Å². The van der Waals surface area contributed by atoms with Crippen LogP contribution >= 0.6 is 11.3 Å². The normalized spacial score (nSPS) is 21.8. The van der Waals surface area contributed by atoms with E-state index in [-0.39, 0.29) is 41.9 Å². The van der Waals surface area contributed by atoms with Gasteiger partial charge in [-0.15, -0.1) is 10.2 Å². The van der Waals surface area contributed by atoms with Crippen LogP contribution in [0.15, 0.2) is 73.1 Å². The van der Waals surface area contributed by atoms with Crippen molar-refractivity contribution in [3.05, 3.63) is 95.6 Å². The van der Waals surface area contributed by atoms with E-state index < -0.39 is 15.9 Å². The molecular weight excluding hydrogens is 875 g/mol. The number of sulfonamides is 1. The van der Waals surface area contributed by atoms with Crippen LogP contribution in [0, 0.1) is 42.9 Å². The van der Waals surface area contributed by atoms with E-state index in [1.807, 2.05) is 73.3 Å². The number of likely N-dealkylation sites (tertiary alicyclic amines) is 1. The highest BCUT2D eigenvalue weighted by molar-refractivity contribution is 7.90. The fourth-order valence-electron chi connectivity index (χ4n) is 11.3. The molecule has 16 nitrogen and oxygen atoms in total. The first-order valence-corrected chi connectivity index (χ1v) is 25.4. The van der Waals surface area contributed by atoms with Gasteiger partial charge in [0.15, 0.2) is 16.8 Å². The third kappa shape index (κ3) is 9.53. The van der Waals surface area contributed by atoms with Crippen molar-refractivity contribution in [2.75, 3.05) is 42.7 Å². The number of thiazole rings is 1. The van der Waals surface area contributed by atoms with E-state index in [1.165, 1.54) is 49.9 Å². The Morgan fingerprint density at radius 3 is 2.36 bits per heavy atom. The molecular formula is C48H55N11O5S2. The maximum absolute atomic E-state index is 14.4. The Morgan fingerprint density at radius 2 is 1.65 bits per heavy atom. The van der Waals surface area contributed by atoms with Crippen molar-refractivity contribution in [1.82, 2.24) is 44.6 Å². The summed E-state index contributed by atoms with van der Waals surface area (Å²) in [6, 6.07) is 18.7.